The van der Waals surface area contributed by atoms with Gasteiger partial charge in [-0.25, -0.2) is 27.2 Å². The van der Waals surface area contributed by atoms with Crippen molar-refractivity contribution in [3.05, 3.63) is 201 Å². The van der Waals surface area contributed by atoms with Crippen LogP contribution in [0.1, 0.15) is 215 Å². The fraction of sp³-hybridized carbons (Fsp3) is 0.511. The Morgan fingerprint density at radius 1 is 0.540 bits per heavy atom. The summed E-state index contributed by atoms with van der Waals surface area (Å²) < 4.78 is 67.5. The second-order valence-electron chi connectivity index (χ2n) is 33.1. The number of nitrogens with zero attached hydrogens (tertiary/aromatic N) is 2. The molecule has 16 nitrogen and oxygen atoms in total. The van der Waals surface area contributed by atoms with Crippen LogP contribution in [0.3, 0.4) is 0 Å². The Hall–Kier alpha value is -5.94. The summed E-state index contributed by atoms with van der Waals surface area (Å²) in [7, 11) is -0.282. The van der Waals surface area contributed by atoms with Gasteiger partial charge in [-0.05, 0) is 207 Å². The average molecular weight is 1870 g/mol. The number of nitrogens with one attached hydrogen (secondary N) is 2. The molecule has 4 amide bonds. The summed E-state index contributed by atoms with van der Waals surface area (Å²) in [6.07, 6.45) is 3.05. The molecule has 6 aromatic rings. The number of aliphatic carboxylic acids is 2. The van der Waals surface area contributed by atoms with E-state index in [4.69, 9.17) is 29.3 Å². The molecule has 0 bridgehead atoms. The summed E-state index contributed by atoms with van der Waals surface area (Å²) in [6.45, 7) is 42.3. The van der Waals surface area contributed by atoms with E-state index in [1.807, 2.05) is 6.07 Å². The van der Waals surface area contributed by atoms with Crippen LogP contribution in [0.2, 0.25) is 0 Å². The zero-order valence-electron chi connectivity index (χ0n) is 69.8. The Kier molecular flexibility index (Phi) is 47.1. The molecule has 6 aromatic carbocycles. The normalized spacial score (nSPS) is 14.6. The molecule has 0 radical (unpaired) electrons. The number of carbonyl (C=O) groups is 6. The number of hydrogen-bond acceptors (Lipinski definition) is 10. The molecule has 8 rings (SSSR count). The fourth-order valence-electron chi connectivity index (χ4n) is 13.4. The van der Waals surface area contributed by atoms with E-state index in [-0.39, 0.29) is 77.2 Å². The number of carbonyl (C=O) groups excluding carboxylic acids is 4. The van der Waals surface area contributed by atoms with Gasteiger partial charge in [0.15, 0.2) is 0 Å². The van der Waals surface area contributed by atoms with E-state index in [0.717, 1.165) is 93.1 Å². The van der Waals surface area contributed by atoms with E-state index < -0.39 is 94.7 Å². The minimum atomic E-state index is -1.21. The van der Waals surface area contributed by atoms with E-state index in [1.54, 1.807) is 41.5 Å². The Morgan fingerprint density at radius 2 is 0.894 bits per heavy atom. The third-order valence-electron chi connectivity index (χ3n) is 16.9. The molecule has 0 saturated heterocycles. The molecule has 0 spiro atoms. The first kappa shape index (κ1) is 105. The van der Waals surface area contributed by atoms with Crippen molar-refractivity contribution in [1.82, 2.24) is 20.4 Å². The van der Waals surface area contributed by atoms with Crippen molar-refractivity contribution >= 4 is 78.7 Å². The van der Waals surface area contributed by atoms with E-state index in [1.165, 1.54) is 90.8 Å². The number of aryl methyl sites for hydroxylation is 2. The van der Waals surface area contributed by atoms with Crippen molar-refractivity contribution < 1.29 is 113 Å². The molecule has 113 heavy (non-hydrogen) atoms. The minimum absolute atomic E-state index is 0. The van der Waals surface area contributed by atoms with Gasteiger partial charge in [0.1, 0.15) is 34.5 Å². The van der Waals surface area contributed by atoms with Gasteiger partial charge in [-0.2, -0.15) is 5.92 Å². The molecule has 0 heterocycles. The van der Waals surface area contributed by atoms with Crippen molar-refractivity contribution in [3.8, 4) is 11.1 Å². The molecule has 0 saturated carbocycles. The van der Waals surface area contributed by atoms with E-state index >= 15 is 0 Å². The van der Waals surface area contributed by atoms with Crippen LogP contribution in [0.5, 0.6) is 0 Å². The quantitative estimate of drug-likeness (QED) is 0.0181. The summed E-state index contributed by atoms with van der Waals surface area (Å²) in [5, 5.41) is 44.8. The van der Waals surface area contributed by atoms with Crippen molar-refractivity contribution in [2.45, 2.75) is 254 Å². The summed E-state index contributed by atoms with van der Waals surface area (Å²) in [4.78, 5) is 71.5. The number of aliphatic hydroxyl groups excluding tert-OH is 2. The van der Waals surface area contributed by atoms with Gasteiger partial charge in [0.2, 0.25) is 11.8 Å². The summed E-state index contributed by atoms with van der Waals surface area (Å²) in [6, 6.07) is 37.0. The molecule has 626 valence electrons. The van der Waals surface area contributed by atoms with Crippen molar-refractivity contribution in [3.63, 3.8) is 0 Å². The van der Waals surface area contributed by atoms with Crippen LogP contribution < -0.4 is 15.9 Å². The van der Waals surface area contributed by atoms with Crippen LogP contribution in [0, 0.1) is 42.0 Å². The van der Waals surface area contributed by atoms with Crippen LogP contribution in [0.4, 0.5) is 27.2 Å². The molecule has 0 aromatic heterocycles. The summed E-state index contributed by atoms with van der Waals surface area (Å²) >= 11 is 7.79. The number of fused-ring (bicyclic) bond motifs is 2. The van der Waals surface area contributed by atoms with Gasteiger partial charge in [-0.1, -0.05) is 172 Å². The average Bonchev–Trinajstić information content (AvgIpc) is 0.775. The second kappa shape index (κ2) is 50.6. The van der Waals surface area contributed by atoms with Crippen LogP contribution in [0.25, 0.3) is 11.1 Å². The number of aliphatic hydroxyl groups is 2. The number of hydrogen-bond donors (Lipinski definition) is 6. The first-order valence-electron chi connectivity index (χ1n) is 38.0. The van der Waals surface area contributed by atoms with Gasteiger partial charge in [0.05, 0.1) is 37.4 Å². The molecule has 6 atom stereocenters. The summed E-state index contributed by atoms with van der Waals surface area (Å²) in [5.74, 6) is -4.24. The zero-order valence-corrected chi connectivity index (χ0v) is 78.4. The van der Waals surface area contributed by atoms with Gasteiger partial charge in [0, 0.05) is 89.6 Å². The molecule has 6 unspecified atom stereocenters. The number of carboxylic acid groups (broad SMARTS) is 2. The topological polar surface area (TPSA) is 232 Å². The molecule has 25 heteroatoms. The Balaban J connectivity index is 0.000000802. The molecule has 0 fully saturated rings. The van der Waals surface area contributed by atoms with Crippen molar-refractivity contribution in [2.75, 3.05) is 26.2 Å². The van der Waals surface area contributed by atoms with Gasteiger partial charge < -0.3 is 57.3 Å². The Bertz CT molecular complexity index is 3860. The number of halogens is 6. The molecule has 2 aliphatic carbocycles. The van der Waals surface area contributed by atoms with Crippen LogP contribution in [0.15, 0.2) is 132 Å². The Morgan fingerprint density at radius 3 is 1.25 bits per heavy atom. The molecule has 6 N–H and O–H groups in total. The predicted molar refractivity (Wildman–Crippen MR) is 447 cm³/mol. The number of ether oxygens (including phenoxy) is 2. The molecular weight excluding hydrogens is 1740 g/mol. The Labute approximate surface area is 710 Å². The van der Waals surface area contributed by atoms with Crippen LogP contribution in [-0.2, 0) is 97.5 Å². The second-order valence-corrected chi connectivity index (χ2v) is 37.9. The maximum atomic E-state index is 13.8. The maximum absolute atomic E-state index is 13.8. The van der Waals surface area contributed by atoms with E-state index in [9.17, 15) is 47.0 Å². The monoisotopic (exact) mass is 1860 g/mol. The van der Waals surface area contributed by atoms with Gasteiger partial charge >= 0.3 is 42.2 Å². The molecule has 2 aliphatic rings. The third kappa shape index (κ3) is 42.2. The summed E-state index contributed by atoms with van der Waals surface area (Å²) in [5.41, 5.74) is 7.95. The number of carboxylic acids is 2. The number of benzene rings is 6. The first-order valence-corrected chi connectivity index (χ1v) is 47.1. The first-order chi connectivity index (χ1) is 51.9. The van der Waals surface area contributed by atoms with Crippen molar-refractivity contribution in [1.29, 1.82) is 0 Å². The molecular formula is C88H123Br2F4N4O12PPdZn. The number of amides is 4. The SMILES string of the molecule is CC(=O)NC(Cc1cc(F)cc(F)c1)C(O)CN(CC1CCCc2ccc(Br)cc21)C(=O)OC(C)(C)C.CC(=O)NC(Cc1cc(F)cc(F)c1)C(O)CN(CC1CCCc2ccc(CC(C)C)cc21)C(=O)OC(C)(C)C.CC(=O)O.CC(=O)O.CC(C)(C)P(c1ccccc1-c1ccccc1)C(C)(C)C.[CH2-]C(C)C.[Pd].[Zn+][Br]. The zero-order chi connectivity index (χ0) is 85.3. The third-order valence-corrected chi connectivity index (χ3v) is 20.9. The van der Waals surface area contributed by atoms with Gasteiger partial charge in [0.25, 0.3) is 11.9 Å². The van der Waals surface area contributed by atoms with E-state index in [2.05, 4.69) is 201 Å². The number of rotatable bonds is 20. The van der Waals surface area contributed by atoms with Crippen LogP contribution in [-0.4, -0.2) is 138 Å². The standard InChI is InChI=1S/C32H44F2N2O4.C28H35BrF2N2O4.C20H27P.C4H9.2C2H4O2.BrH.Pd.Zn/c1-20(2)12-22-10-11-24-8-7-9-25(28(24)15-22)18-36(31(39)40-32(4,5)6)19-30(38)29(35-21(3)37)16-23-13-26(33)17-27(34)14-23;1-17(34)32-25(12-18-10-22(30)14-23(31)11-18)26(35)16-33(27(36)37-28(2,3)4)15-20-7-5-6-19-8-9-21(29)13-24(19)20;1-19(2,3)21(20(4,5)6)18-15-11-10-14-17(18)16-12-8-7-9-13-16;1-4(2)3;2*1-2(3)4;;;/h10-11,13-15,17,20,25,29-30,38H,7-9,12,16,18-19H2,1-6H3,(H,35,37);8-11,13-14,20,25-26,35H,5-7,12,15-16H2,1-4H3,(H,32,34);7-15H,1-6H3;4H,1H2,2-3H3;2*1H3,(H,3,4);1H;;/q;;;-1;;;;;+2/p-1. The van der Waals surface area contributed by atoms with Crippen LogP contribution >= 0.6 is 37.5 Å². The fourth-order valence-corrected chi connectivity index (χ4v) is 18.0. The van der Waals surface area contributed by atoms with Gasteiger partial charge in [-0.15, -0.1) is 0 Å². The van der Waals surface area contributed by atoms with E-state index in [0.29, 0.717) is 35.2 Å². The predicted octanol–water partition coefficient (Wildman–Crippen LogP) is 20.0. The van der Waals surface area contributed by atoms with Gasteiger partial charge in [-0.3, -0.25) is 19.2 Å². The molecule has 0 aliphatic heterocycles. The van der Waals surface area contributed by atoms with Crippen molar-refractivity contribution in [2.24, 2.45) is 11.8 Å².